The second-order valence-electron chi connectivity index (χ2n) is 10.7. The third-order valence-corrected chi connectivity index (χ3v) is 8.12. The van der Waals surface area contributed by atoms with E-state index in [1.54, 1.807) is 30.0 Å². The van der Waals surface area contributed by atoms with Gasteiger partial charge in [-0.1, -0.05) is 29.8 Å². The number of hydrogen-bond donors (Lipinski definition) is 0. The van der Waals surface area contributed by atoms with Crippen molar-refractivity contribution >= 4 is 49.8 Å². The highest BCUT2D eigenvalue weighted by Gasteiger charge is 2.30. The number of carbonyl (C=O) groups is 1. The monoisotopic (exact) mass is 547 g/mol. The van der Waals surface area contributed by atoms with Crippen LogP contribution in [-0.2, 0) is 23.6 Å². The van der Waals surface area contributed by atoms with Gasteiger partial charge >= 0.3 is 0 Å². The molecule has 2 aromatic heterocycles. The summed E-state index contributed by atoms with van der Waals surface area (Å²) in [5.41, 5.74) is 5.72. The normalized spacial score (nSPS) is 12.9. The lowest BCUT2D eigenvalue weighted by Crippen LogP contribution is -2.27. The van der Waals surface area contributed by atoms with Crippen LogP contribution in [0.3, 0.4) is 0 Å². The standard InChI is InChI=1S/C30H30ClN3O3S/c1-16-14-22-27(38-28(32-22)19-10-13-21-23(15-19)33(6)34(7)29(21)36)25(18-8-11-20(31)12-9-18)24(16)26(17(2)35)37-30(3,4)5/h8-15,26H,1-7H3/t26-/m1/s1. The Morgan fingerprint density at radius 3 is 2.32 bits per heavy atom. The van der Waals surface area contributed by atoms with Crippen molar-refractivity contribution in [3.05, 3.63) is 75.0 Å². The van der Waals surface area contributed by atoms with Crippen molar-refractivity contribution < 1.29 is 9.53 Å². The van der Waals surface area contributed by atoms with Crippen molar-refractivity contribution in [1.29, 1.82) is 0 Å². The lowest BCUT2D eigenvalue weighted by atomic mass is 9.90. The van der Waals surface area contributed by atoms with E-state index < -0.39 is 11.7 Å². The lowest BCUT2D eigenvalue weighted by Gasteiger charge is -2.29. The first-order chi connectivity index (χ1) is 17.9. The molecule has 0 fully saturated rings. The summed E-state index contributed by atoms with van der Waals surface area (Å²) in [7, 11) is 3.63. The van der Waals surface area contributed by atoms with Crippen LogP contribution in [0.5, 0.6) is 0 Å². The highest BCUT2D eigenvalue weighted by atomic mass is 35.5. The van der Waals surface area contributed by atoms with Crippen LogP contribution in [0.15, 0.2) is 53.3 Å². The summed E-state index contributed by atoms with van der Waals surface area (Å²) in [4.78, 5) is 30.5. The van der Waals surface area contributed by atoms with Crippen molar-refractivity contribution in [3.8, 4) is 21.7 Å². The maximum atomic E-state index is 13.0. The molecule has 196 valence electrons. The van der Waals surface area contributed by atoms with Crippen LogP contribution in [0, 0.1) is 6.92 Å². The first-order valence-electron chi connectivity index (χ1n) is 12.4. The van der Waals surface area contributed by atoms with Gasteiger partial charge in [-0.05, 0) is 76.1 Å². The van der Waals surface area contributed by atoms with Crippen molar-refractivity contribution in [2.24, 2.45) is 14.1 Å². The molecule has 0 aliphatic rings. The quantitative estimate of drug-likeness (QED) is 0.233. The van der Waals surface area contributed by atoms with E-state index in [-0.39, 0.29) is 11.3 Å². The fourth-order valence-corrected chi connectivity index (χ4v) is 6.11. The molecule has 0 saturated heterocycles. The first-order valence-corrected chi connectivity index (χ1v) is 13.6. The fraction of sp³-hybridized carbons (Fsp3) is 0.300. The van der Waals surface area contributed by atoms with Gasteiger partial charge in [0.1, 0.15) is 11.1 Å². The van der Waals surface area contributed by atoms with Crippen molar-refractivity contribution in [1.82, 2.24) is 14.3 Å². The second kappa shape index (κ2) is 9.49. The number of Topliss-reactive ketones (excluding diaryl/α,β-unsaturated/α-hetero) is 1. The van der Waals surface area contributed by atoms with Gasteiger partial charge in [-0.3, -0.25) is 19.0 Å². The summed E-state index contributed by atoms with van der Waals surface area (Å²) in [6.45, 7) is 9.44. The van der Waals surface area contributed by atoms with Gasteiger partial charge < -0.3 is 4.74 Å². The number of hydrogen-bond acceptors (Lipinski definition) is 5. The molecule has 0 N–H and O–H groups in total. The molecule has 0 unspecified atom stereocenters. The van der Waals surface area contributed by atoms with Crippen molar-refractivity contribution in [2.45, 2.75) is 46.3 Å². The van der Waals surface area contributed by atoms with E-state index in [0.717, 1.165) is 48.6 Å². The molecule has 2 heterocycles. The molecular weight excluding hydrogens is 518 g/mol. The first kappa shape index (κ1) is 26.4. The van der Waals surface area contributed by atoms with Gasteiger partial charge in [0.2, 0.25) is 0 Å². The minimum atomic E-state index is -0.731. The van der Waals surface area contributed by atoms with E-state index in [4.69, 9.17) is 21.3 Å². The Morgan fingerprint density at radius 2 is 1.68 bits per heavy atom. The molecule has 0 spiro atoms. The van der Waals surface area contributed by atoms with E-state index in [1.807, 2.05) is 88.0 Å². The van der Waals surface area contributed by atoms with Crippen LogP contribution in [0.25, 0.3) is 42.8 Å². The Balaban J connectivity index is 1.79. The third kappa shape index (κ3) is 4.59. The molecule has 38 heavy (non-hydrogen) atoms. The van der Waals surface area contributed by atoms with Gasteiger partial charge in [0.05, 0.1) is 26.7 Å². The van der Waals surface area contributed by atoms with Gasteiger partial charge in [-0.15, -0.1) is 11.3 Å². The molecule has 0 aliphatic heterocycles. The van der Waals surface area contributed by atoms with E-state index in [0.29, 0.717) is 10.4 Å². The van der Waals surface area contributed by atoms with E-state index in [9.17, 15) is 9.59 Å². The van der Waals surface area contributed by atoms with Gasteiger partial charge in [0.15, 0.2) is 5.78 Å². The number of halogens is 1. The Kier molecular flexibility index (Phi) is 6.58. The number of carbonyl (C=O) groups excluding carboxylic acids is 1. The highest BCUT2D eigenvalue weighted by molar-refractivity contribution is 7.22. The van der Waals surface area contributed by atoms with Crippen LogP contribution in [-0.4, -0.2) is 25.7 Å². The van der Waals surface area contributed by atoms with Crippen LogP contribution in [0.2, 0.25) is 5.02 Å². The SMILES string of the molecule is CC(=O)[C@@H](OC(C)(C)C)c1c(C)cc2nc(-c3ccc4c(=O)n(C)n(C)c4c3)sc2c1-c1ccc(Cl)cc1. The zero-order valence-electron chi connectivity index (χ0n) is 22.5. The summed E-state index contributed by atoms with van der Waals surface area (Å²) in [6.07, 6.45) is -0.731. The smallest absolute Gasteiger partial charge is 0.274 e. The number of fused-ring (bicyclic) bond motifs is 2. The van der Waals surface area contributed by atoms with E-state index in [1.165, 1.54) is 0 Å². The van der Waals surface area contributed by atoms with E-state index in [2.05, 4.69) is 0 Å². The molecule has 5 rings (SSSR count). The lowest BCUT2D eigenvalue weighted by molar-refractivity contribution is -0.138. The summed E-state index contributed by atoms with van der Waals surface area (Å²) >= 11 is 7.80. The molecule has 5 aromatic rings. The number of rotatable bonds is 5. The summed E-state index contributed by atoms with van der Waals surface area (Å²) < 4.78 is 10.7. The van der Waals surface area contributed by atoms with Gasteiger partial charge in [-0.2, -0.15) is 0 Å². The average Bonchev–Trinajstić information content (AvgIpc) is 3.36. The maximum absolute atomic E-state index is 13.0. The molecule has 3 aromatic carbocycles. The molecule has 0 amide bonds. The zero-order chi connectivity index (χ0) is 27.5. The molecule has 1 atom stereocenters. The largest absolute Gasteiger partial charge is 0.360 e. The van der Waals surface area contributed by atoms with Crippen LogP contribution >= 0.6 is 22.9 Å². The average molecular weight is 548 g/mol. The number of thiazole rings is 1. The van der Waals surface area contributed by atoms with Crippen LogP contribution in [0.4, 0.5) is 0 Å². The Hall–Kier alpha value is -3.26. The van der Waals surface area contributed by atoms with Crippen LogP contribution < -0.4 is 5.56 Å². The van der Waals surface area contributed by atoms with Crippen LogP contribution in [0.1, 0.15) is 44.9 Å². The van der Waals surface area contributed by atoms with Gasteiger partial charge in [0, 0.05) is 35.8 Å². The topological polar surface area (TPSA) is 66.1 Å². The molecule has 0 saturated carbocycles. The number of aromatic nitrogens is 3. The number of aryl methyl sites for hydroxylation is 2. The van der Waals surface area contributed by atoms with Crippen molar-refractivity contribution in [2.75, 3.05) is 0 Å². The number of ketones is 1. The molecular formula is C30H30ClN3O3S. The summed E-state index contributed by atoms with van der Waals surface area (Å²) in [5.74, 6) is -0.0576. The molecule has 8 heteroatoms. The summed E-state index contributed by atoms with van der Waals surface area (Å²) in [6, 6.07) is 15.5. The highest BCUT2D eigenvalue weighted by Crippen LogP contribution is 2.44. The fourth-order valence-electron chi connectivity index (χ4n) is 4.86. The van der Waals surface area contributed by atoms with Crippen molar-refractivity contribution in [3.63, 3.8) is 0 Å². The zero-order valence-corrected chi connectivity index (χ0v) is 24.1. The molecule has 0 aliphatic carbocycles. The Morgan fingerprint density at radius 1 is 1.03 bits per heavy atom. The van der Waals surface area contributed by atoms with Gasteiger partial charge in [-0.25, -0.2) is 4.98 Å². The van der Waals surface area contributed by atoms with Gasteiger partial charge in [0.25, 0.3) is 5.56 Å². The number of nitrogens with zero attached hydrogens (tertiary/aromatic N) is 3. The predicted molar refractivity (Wildman–Crippen MR) is 156 cm³/mol. The minimum absolute atomic E-state index is 0.0298. The molecule has 0 radical (unpaired) electrons. The maximum Gasteiger partial charge on any atom is 0.274 e. The third-order valence-electron chi connectivity index (χ3n) is 6.73. The summed E-state index contributed by atoms with van der Waals surface area (Å²) in [5, 5.41) is 2.14. The number of benzene rings is 3. The Bertz CT molecular complexity index is 1770. The Labute approximate surface area is 230 Å². The van der Waals surface area contributed by atoms with E-state index >= 15 is 0 Å². The molecule has 0 bridgehead atoms. The second-order valence-corrected chi connectivity index (χ2v) is 12.1. The predicted octanol–water partition coefficient (Wildman–Crippen LogP) is 7.23. The minimum Gasteiger partial charge on any atom is -0.360 e. The number of ether oxygens (including phenoxy) is 1. The molecule has 6 nitrogen and oxygen atoms in total.